The summed E-state index contributed by atoms with van der Waals surface area (Å²) in [5.74, 6) is -1.24. The molecule has 40 heavy (non-hydrogen) atoms. The van der Waals surface area contributed by atoms with Crippen LogP contribution in [0.25, 0.3) is 11.1 Å². The number of carbonyl (C=O) groups is 2. The van der Waals surface area contributed by atoms with Gasteiger partial charge in [0.15, 0.2) is 5.69 Å². The van der Waals surface area contributed by atoms with Crippen molar-refractivity contribution in [2.75, 3.05) is 0 Å². The fourth-order valence-corrected chi connectivity index (χ4v) is 5.06. The first kappa shape index (κ1) is 27.1. The van der Waals surface area contributed by atoms with Crippen molar-refractivity contribution in [2.24, 2.45) is 0 Å². The molecule has 206 valence electrons. The maximum atomic E-state index is 13.1. The summed E-state index contributed by atoms with van der Waals surface area (Å²) in [6, 6.07) is 29.0. The van der Waals surface area contributed by atoms with E-state index in [-0.39, 0.29) is 42.8 Å². The Morgan fingerprint density at radius 1 is 0.900 bits per heavy atom. The van der Waals surface area contributed by atoms with E-state index in [0.29, 0.717) is 6.61 Å². The number of carboxylic acid groups (broad SMARTS) is 1. The van der Waals surface area contributed by atoms with Crippen LogP contribution in [-0.2, 0) is 29.3 Å². The molecule has 1 aliphatic rings. The van der Waals surface area contributed by atoms with Crippen molar-refractivity contribution < 1.29 is 24.2 Å². The highest BCUT2D eigenvalue weighted by Crippen LogP contribution is 2.26. The molecular formula is C32H33N3O5. The van der Waals surface area contributed by atoms with Crippen molar-refractivity contribution in [3.05, 3.63) is 108 Å². The van der Waals surface area contributed by atoms with E-state index < -0.39 is 5.97 Å². The van der Waals surface area contributed by atoms with Gasteiger partial charge in [-0.05, 0) is 35.1 Å². The molecule has 4 aromatic rings. The van der Waals surface area contributed by atoms with Crippen molar-refractivity contribution in [3.8, 4) is 17.0 Å². The Kier molecular flexibility index (Phi) is 8.88. The van der Waals surface area contributed by atoms with E-state index in [0.717, 1.165) is 47.9 Å². The summed E-state index contributed by atoms with van der Waals surface area (Å²) >= 11 is 0. The molecule has 2 N–H and O–H groups in total. The van der Waals surface area contributed by atoms with Gasteiger partial charge in [0.1, 0.15) is 13.2 Å². The van der Waals surface area contributed by atoms with Crippen LogP contribution in [0.3, 0.4) is 0 Å². The molecule has 1 aromatic heterocycles. The highest BCUT2D eigenvalue weighted by atomic mass is 16.5. The normalized spacial score (nSPS) is 16.8. The van der Waals surface area contributed by atoms with Crippen LogP contribution in [0.4, 0.5) is 0 Å². The molecule has 8 heteroatoms. The number of benzene rings is 3. The van der Waals surface area contributed by atoms with Gasteiger partial charge < -0.3 is 19.9 Å². The van der Waals surface area contributed by atoms with E-state index in [1.807, 2.05) is 84.9 Å². The van der Waals surface area contributed by atoms with E-state index in [4.69, 9.17) is 9.47 Å². The van der Waals surface area contributed by atoms with Crippen LogP contribution >= 0.6 is 0 Å². The first-order valence-corrected chi connectivity index (χ1v) is 13.6. The van der Waals surface area contributed by atoms with Gasteiger partial charge in [-0.2, -0.15) is 5.10 Å². The van der Waals surface area contributed by atoms with E-state index >= 15 is 0 Å². The fraction of sp³-hybridized carbons (Fsp3) is 0.281. The lowest BCUT2D eigenvalue weighted by Gasteiger charge is -2.32. The Morgan fingerprint density at radius 2 is 1.60 bits per heavy atom. The molecule has 0 bridgehead atoms. The van der Waals surface area contributed by atoms with Gasteiger partial charge in [0.05, 0.1) is 18.8 Å². The number of aromatic carboxylic acids is 1. The lowest BCUT2D eigenvalue weighted by Crippen LogP contribution is -2.47. The lowest BCUT2D eigenvalue weighted by atomic mass is 9.92. The number of amides is 1. The van der Waals surface area contributed by atoms with Gasteiger partial charge in [-0.3, -0.25) is 4.79 Å². The number of rotatable bonds is 11. The van der Waals surface area contributed by atoms with Crippen LogP contribution in [-0.4, -0.2) is 38.9 Å². The lowest BCUT2D eigenvalue weighted by molar-refractivity contribution is -0.124. The van der Waals surface area contributed by atoms with E-state index in [1.165, 1.54) is 10.7 Å². The Hall–Kier alpha value is -4.43. The molecule has 3 aromatic carbocycles. The highest BCUT2D eigenvalue weighted by Gasteiger charge is 2.28. The molecular weight excluding hydrogens is 506 g/mol. The Balaban J connectivity index is 1.25. The molecule has 1 fully saturated rings. The molecule has 1 heterocycles. The van der Waals surface area contributed by atoms with Crippen LogP contribution in [0.5, 0.6) is 5.88 Å². The van der Waals surface area contributed by atoms with Crippen LogP contribution in [0.15, 0.2) is 91.0 Å². The van der Waals surface area contributed by atoms with Gasteiger partial charge in [0, 0.05) is 6.07 Å². The summed E-state index contributed by atoms with van der Waals surface area (Å²) in [4.78, 5) is 24.8. The zero-order valence-corrected chi connectivity index (χ0v) is 22.2. The summed E-state index contributed by atoms with van der Waals surface area (Å²) in [5.41, 5.74) is 3.91. The molecule has 5 rings (SSSR count). The summed E-state index contributed by atoms with van der Waals surface area (Å²) in [6.45, 7) is 0.516. The van der Waals surface area contributed by atoms with Crippen molar-refractivity contribution >= 4 is 11.9 Å². The van der Waals surface area contributed by atoms with Gasteiger partial charge in [-0.1, -0.05) is 97.8 Å². The number of carbonyl (C=O) groups excluding carboxylic acids is 1. The Bertz CT molecular complexity index is 1420. The smallest absolute Gasteiger partial charge is 0.356 e. The minimum atomic E-state index is -1.18. The van der Waals surface area contributed by atoms with Gasteiger partial charge in [0.25, 0.3) is 0 Å². The zero-order chi connectivity index (χ0) is 27.7. The average molecular weight is 540 g/mol. The van der Waals surface area contributed by atoms with Crippen LogP contribution < -0.4 is 10.1 Å². The third kappa shape index (κ3) is 6.95. The van der Waals surface area contributed by atoms with Gasteiger partial charge in [0.2, 0.25) is 11.8 Å². The third-order valence-electron chi connectivity index (χ3n) is 7.09. The molecule has 2 unspecified atom stereocenters. The monoisotopic (exact) mass is 539 g/mol. The largest absolute Gasteiger partial charge is 0.476 e. The number of aromatic nitrogens is 2. The fourth-order valence-electron chi connectivity index (χ4n) is 5.06. The number of nitrogens with one attached hydrogen (secondary N) is 1. The second-order valence-corrected chi connectivity index (χ2v) is 9.94. The molecule has 1 aliphatic carbocycles. The number of nitrogens with zero attached hydrogens (tertiary/aromatic N) is 2. The standard InChI is InChI=1S/C32H33N3O5/c36-30(33-27-17-9-10-18-29(27)39-21-23-11-3-1-4-12-23)20-35-31(19-28(34-35)32(37)38)40-22-25-15-7-8-16-26(25)24-13-5-2-6-14-24/h1-8,11-16,19,27,29H,9-10,17-18,20-22H2,(H,33,36)(H,37,38). The van der Waals surface area contributed by atoms with Crippen molar-refractivity contribution in [2.45, 2.75) is 57.6 Å². The second kappa shape index (κ2) is 13.1. The van der Waals surface area contributed by atoms with E-state index in [2.05, 4.69) is 10.4 Å². The SMILES string of the molecule is O=C(Cn1nc(C(=O)O)cc1OCc1ccccc1-c1ccccc1)NC1CCCCC1OCc1ccccc1. The van der Waals surface area contributed by atoms with Crippen molar-refractivity contribution in [1.82, 2.24) is 15.1 Å². The molecule has 1 amide bonds. The average Bonchev–Trinajstić information content (AvgIpc) is 3.39. The Labute approximate surface area is 233 Å². The minimum absolute atomic E-state index is 0.0877. The van der Waals surface area contributed by atoms with Crippen LogP contribution in [0.1, 0.15) is 47.3 Å². The first-order chi connectivity index (χ1) is 19.6. The van der Waals surface area contributed by atoms with E-state index in [9.17, 15) is 14.7 Å². The zero-order valence-electron chi connectivity index (χ0n) is 22.2. The predicted octanol–water partition coefficient (Wildman–Crippen LogP) is 5.47. The maximum Gasteiger partial charge on any atom is 0.356 e. The minimum Gasteiger partial charge on any atom is -0.476 e. The maximum absolute atomic E-state index is 13.1. The topological polar surface area (TPSA) is 103 Å². The quantitative estimate of drug-likeness (QED) is 0.262. The van der Waals surface area contributed by atoms with Crippen molar-refractivity contribution in [1.29, 1.82) is 0 Å². The molecule has 0 radical (unpaired) electrons. The molecule has 2 atom stereocenters. The second-order valence-electron chi connectivity index (χ2n) is 9.94. The summed E-state index contributed by atoms with van der Waals surface area (Å²) in [5, 5.41) is 16.8. The first-order valence-electron chi connectivity index (χ1n) is 13.6. The van der Waals surface area contributed by atoms with Gasteiger partial charge >= 0.3 is 5.97 Å². The van der Waals surface area contributed by atoms with E-state index in [1.54, 1.807) is 0 Å². The summed E-state index contributed by atoms with van der Waals surface area (Å²) in [7, 11) is 0. The summed E-state index contributed by atoms with van der Waals surface area (Å²) < 4.78 is 13.5. The molecule has 0 aliphatic heterocycles. The highest BCUT2D eigenvalue weighted by molar-refractivity contribution is 5.86. The summed E-state index contributed by atoms with van der Waals surface area (Å²) in [6.07, 6.45) is 3.67. The number of hydrogen-bond donors (Lipinski definition) is 2. The third-order valence-corrected chi connectivity index (χ3v) is 7.09. The molecule has 8 nitrogen and oxygen atoms in total. The molecule has 0 saturated heterocycles. The van der Waals surface area contributed by atoms with Crippen LogP contribution in [0, 0.1) is 0 Å². The Morgan fingerprint density at radius 3 is 2.38 bits per heavy atom. The van der Waals surface area contributed by atoms with Gasteiger partial charge in [-0.25, -0.2) is 9.48 Å². The van der Waals surface area contributed by atoms with Crippen LogP contribution in [0.2, 0.25) is 0 Å². The van der Waals surface area contributed by atoms with Crippen molar-refractivity contribution in [3.63, 3.8) is 0 Å². The molecule has 1 saturated carbocycles. The predicted molar refractivity (Wildman–Crippen MR) is 151 cm³/mol. The molecule has 0 spiro atoms. The number of ether oxygens (including phenoxy) is 2. The number of carboxylic acids is 1. The van der Waals surface area contributed by atoms with Gasteiger partial charge in [-0.15, -0.1) is 0 Å². The number of hydrogen-bond acceptors (Lipinski definition) is 5.